The second-order valence-electron chi connectivity index (χ2n) is 4.11. The van der Waals surface area contributed by atoms with E-state index in [4.69, 9.17) is 0 Å². The third-order valence-electron chi connectivity index (χ3n) is 2.86. The predicted molar refractivity (Wildman–Crippen MR) is 50.2 cm³/mol. The monoisotopic (exact) mass is 158 g/mol. The fourth-order valence-corrected chi connectivity index (χ4v) is 2.55. The van der Waals surface area contributed by atoms with Gasteiger partial charge in [-0.25, -0.2) is 0 Å². The van der Waals surface area contributed by atoms with Crippen molar-refractivity contribution in [3.8, 4) is 0 Å². The van der Waals surface area contributed by atoms with Crippen LogP contribution >= 0.6 is 9.24 Å². The summed E-state index contributed by atoms with van der Waals surface area (Å²) in [5, 5.41) is 0. The molecule has 0 radical (unpaired) electrons. The third kappa shape index (κ3) is 1.72. The highest BCUT2D eigenvalue weighted by Gasteiger charge is 2.27. The van der Waals surface area contributed by atoms with E-state index < -0.39 is 0 Å². The van der Waals surface area contributed by atoms with Crippen molar-refractivity contribution in [1.29, 1.82) is 0 Å². The Labute approximate surface area is 67.0 Å². The lowest BCUT2D eigenvalue weighted by Crippen LogP contribution is -2.28. The van der Waals surface area contributed by atoms with Crippen LogP contribution in [0.15, 0.2) is 0 Å². The number of hydrogen-bond donors (Lipinski definition) is 0. The highest BCUT2D eigenvalue weighted by Crippen LogP contribution is 2.37. The summed E-state index contributed by atoms with van der Waals surface area (Å²) in [5.74, 6) is 2.80. The smallest absolute Gasteiger partial charge is 0.0213 e. The Hall–Kier alpha value is 0.430. The molecule has 0 N–H and O–H groups in total. The van der Waals surface area contributed by atoms with Gasteiger partial charge >= 0.3 is 0 Å². The van der Waals surface area contributed by atoms with E-state index in [1.807, 2.05) is 0 Å². The molecule has 1 fully saturated rings. The average molecular weight is 158 g/mol. The molecule has 10 heavy (non-hydrogen) atoms. The van der Waals surface area contributed by atoms with Crippen LogP contribution in [0, 0.1) is 17.8 Å². The summed E-state index contributed by atoms with van der Waals surface area (Å²) in [6, 6.07) is 0. The van der Waals surface area contributed by atoms with Crippen molar-refractivity contribution in [2.75, 3.05) is 0 Å². The van der Waals surface area contributed by atoms with Gasteiger partial charge in [0, 0.05) is 0 Å². The van der Waals surface area contributed by atoms with Gasteiger partial charge in [0.1, 0.15) is 0 Å². The fraction of sp³-hybridized carbons (Fsp3) is 1.00. The van der Waals surface area contributed by atoms with Crippen molar-refractivity contribution in [2.45, 2.75) is 39.3 Å². The fourth-order valence-electron chi connectivity index (χ4n) is 2.24. The summed E-state index contributed by atoms with van der Waals surface area (Å²) in [7, 11) is 3.00. The molecule has 60 valence electrons. The number of rotatable bonds is 0. The average Bonchev–Trinajstić information content (AvgIpc) is 1.82. The summed E-state index contributed by atoms with van der Waals surface area (Å²) in [6.07, 6.45) is 2.86. The van der Waals surface area contributed by atoms with Crippen molar-refractivity contribution in [1.82, 2.24) is 0 Å². The van der Waals surface area contributed by atoms with Gasteiger partial charge in [-0.1, -0.05) is 20.8 Å². The molecule has 0 heterocycles. The maximum absolute atomic E-state index is 3.00. The zero-order valence-electron chi connectivity index (χ0n) is 7.30. The van der Waals surface area contributed by atoms with Gasteiger partial charge in [-0.05, 0) is 36.3 Å². The minimum absolute atomic E-state index is 0.871. The van der Waals surface area contributed by atoms with Crippen LogP contribution in [-0.2, 0) is 0 Å². The van der Waals surface area contributed by atoms with Crippen LogP contribution in [0.25, 0.3) is 0 Å². The van der Waals surface area contributed by atoms with Gasteiger partial charge in [0.2, 0.25) is 0 Å². The van der Waals surface area contributed by atoms with E-state index in [9.17, 15) is 0 Å². The molecular formula is C9H19P. The van der Waals surface area contributed by atoms with Gasteiger partial charge in [0.25, 0.3) is 0 Å². The molecule has 0 saturated heterocycles. The lowest BCUT2D eigenvalue weighted by atomic mass is 9.77. The topological polar surface area (TPSA) is 0 Å². The van der Waals surface area contributed by atoms with Gasteiger partial charge in [0.15, 0.2) is 0 Å². The van der Waals surface area contributed by atoms with Crippen molar-refractivity contribution in [2.24, 2.45) is 17.8 Å². The van der Waals surface area contributed by atoms with E-state index in [2.05, 4.69) is 30.0 Å². The van der Waals surface area contributed by atoms with Gasteiger partial charge in [-0.2, -0.15) is 0 Å². The molecular weight excluding hydrogens is 139 g/mol. The Morgan fingerprint density at radius 1 is 1.00 bits per heavy atom. The quantitative estimate of drug-likeness (QED) is 0.475. The van der Waals surface area contributed by atoms with Gasteiger partial charge in [0.05, 0.1) is 0 Å². The van der Waals surface area contributed by atoms with Gasteiger partial charge in [-0.15, -0.1) is 9.24 Å². The second-order valence-corrected chi connectivity index (χ2v) is 4.88. The van der Waals surface area contributed by atoms with Gasteiger partial charge in [-0.3, -0.25) is 0 Å². The first-order chi connectivity index (χ1) is 4.61. The third-order valence-corrected chi connectivity index (χ3v) is 4.18. The van der Waals surface area contributed by atoms with E-state index in [1.54, 1.807) is 0 Å². The zero-order valence-corrected chi connectivity index (χ0v) is 8.46. The molecule has 0 amide bonds. The van der Waals surface area contributed by atoms with E-state index in [0.29, 0.717) is 0 Å². The molecule has 1 heteroatoms. The number of hydrogen-bond acceptors (Lipinski definition) is 0. The molecule has 1 rings (SSSR count). The first-order valence-corrected chi connectivity index (χ1v) is 5.03. The van der Waals surface area contributed by atoms with Crippen molar-refractivity contribution < 1.29 is 0 Å². The Balaban J connectivity index is 2.49. The maximum Gasteiger partial charge on any atom is -0.0213 e. The molecule has 0 nitrogen and oxygen atoms in total. The summed E-state index contributed by atoms with van der Waals surface area (Å²) >= 11 is 0. The molecule has 1 aliphatic carbocycles. The molecule has 0 aliphatic heterocycles. The standard InChI is InChI=1S/C9H19P/c1-6-4-7(2)9(10)8(3)5-6/h6-9H,4-5,10H2,1-3H3. The molecule has 0 bridgehead atoms. The summed E-state index contributed by atoms with van der Waals surface area (Å²) in [5.41, 5.74) is 0.871. The predicted octanol–water partition coefficient (Wildman–Crippen LogP) is 2.93. The van der Waals surface area contributed by atoms with Gasteiger partial charge < -0.3 is 0 Å². The van der Waals surface area contributed by atoms with Crippen molar-refractivity contribution in [3.05, 3.63) is 0 Å². The van der Waals surface area contributed by atoms with Crippen LogP contribution in [0.3, 0.4) is 0 Å². The molecule has 0 aromatic carbocycles. The SMILES string of the molecule is CC1CC(C)C(P)C(C)C1. The largest absolute Gasteiger partial charge is 0.134 e. The second kappa shape index (κ2) is 3.22. The van der Waals surface area contributed by atoms with Crippen molar-refractivity contribution in [3.63, 3.8) is 0 Å². The Kier molecular flexibility index (Phi) is 2.74. The first kappa shape index (κ1) is 8.53. The van der Waals surface area contributed by atoms with Crippen LogP contribution < -0.4 is 0 Å². The molecule has 1 aliphatic rings. The normalized spacial score (nSPS) is 49.2. The van der Waals surface area contributed by atoms with Crippen LogP contribution in [-0.4, -0.2) is 5.66 Å². The minimum Gasteiger partial charge on any atom is -0.134 e. The summed E-state index contributed by atoms with van der Waals surface area (Å²) in [6.45, 7) is 7.14. The highest BCUT2D eigenvalue weighted by atomic mass is 31.0. The van der Waals surface area contributed by atoms with E-state index in [-0.39, 0.29) is 0 Å². The van der Waals surface area contributed by atoms with E-state index in [0.717, 1.165) is 23.4 Å². The zero-order chi connectivity index (χ0) is 7.72. The minimum atomic E-state index is 0.871. The first-order valence-electron chi connectivity index (χ1n) is 4.37. The van der Waals surface area contributed by atoms with E-state index >= 15 is 0 Å². The molecule has 3 unspecified atom stereocenters. The maximum atomic E-state index is 3.00. The highest BCUT2D eigenvalue weighted by molar-refractivity contribution is 7.17. The van der Waals surface area contributed by atoms with Crippen LogP contribution in [0.2, 0.25) is 0 Å². The Morgan fingerprint density at radius 2 is 1.40 bits per heavy atom. The van der Waals surface area contributed by atoms with Crippen LogP contribution in [0.4, 0.5) is 0 Å². The lowest BCUT2D eigenvalue weighted by molar-refractivity contribution is 0.243. The molecule has 1 saturated carbocycles. The molecule has 0 spiro atoms. The summed E-state index contributed by atoms with van der Waals surface area (Å²) in [4.78, 5) is 0. The Bertz CT molecular complexity index is 99.3. The lowest BCUT2D eigenvalue weighted by Gasteiger charge is -2.35. The summed E-state index contributed by atoms with van der Waals surface area (Å²) < 4.78 is 0. The van der Waals surface area contributed by atoms with Crippen LogP contribution in [0.5, 0.6) is 0 Å². The van der Waals surface area contributed by atoms with Crippen molar-refractivity contribution >= 4 is 9.24 Å². The molecule has 0 aromatic rings. The van der Waals surface area contributed by atoms with E-state index in [1.165, 1.54) is 12.8 Å². The Morgan fingerprint density at radius 3 is 1.80 bits per heavy atom. The molecule has 3 atom stereocenters. The van der Waals surface area contributed by atoms with Crippen LogP contribution in [0.1, 0.15) is 33.6 Å². The molecule has 0 aromatic heterocycles.